The Morgan fingerprint density at radius 1 is 1.15 bits per heavy atom. The van der Waals surface area contributed by atoms with E-state index in [1.54, 1.807) is 11.3 Å². The van der Waals surface area contributed by atoms with Crippen LogP contribution in [0.25, 0.3) is 11.3 Å². The zero-order valence-electron chi connectivity index (χ0n) is 10.5. The number of amides is 1. The zero-order valence-corrected chi connectivity index (χ0v) is 11.4. The van der Waals surface area contributed by atoms with Crippen LogP contribution in [0.3, 0.4) is 0 Å². The SMILES string of the molecule is O=C(NCc1cccs1)c1n[nH]nc1-c1ccccc1. The Morgan fingerprint density at radius 2 is 2.00 bits per heavy atom. The highest BCUT2D eigenvalue weighted by atomic mass is 32.1. The molecule has 2 heterocycles. The van der Waals surface area contributed by atoms with Crippen LogP contribution in [0, 0.1) is 0 Å². The highest BCUT2D eigenvalue weighted by Gasteiger charge is 2.17. The molecule has 20 heavy (non-hydrogen) atoms. The molecule has 0 aliphatic rings. The van der Waals surface area contributed by atoms with Crippen molar-refractivity contribution in [1.82, 2.24) is 20.7 Å². The summed E-state index contributed by atoms with van der Waals surface area (Å²) in [5.41, 5.74) is 1.74. The highest BCUT2D eigenvalue weighted by molar-refractivity contribution is 7.09. The van der Waals surface area contributed by atoms with Crippen LogP contribution < -0.4 is 5.32 Å². The third-order valence-corrected chi connectivity index (χ3v) is 3.69. The maximum Gasteiger partial charge on any atom is 0.274 e. The fraction of sp³-hybridized carbons (Fsp3) is 0.0714. The maximum absolute atomic E-state index is 12.2. The van der Waals surface area contributed by atoms with Crippen molar-refractivity contribution in [2.24, 2.45) is 0 Å². The number of nitrogens with one attached hydrogen (secondary N) is 2. The lowest BCUT2D eigenvalue weighted by atomic mass is 10.1. The van der Waals surface area contributed by atoms with Crippen molar-refractivity contribution < 1.29 is 4.79 Å². The summed E-state index contributed by atoms with van der Waals surface area (Å²) in [5.74, 6) is -0.231. The lowest BCUT2D eigenvalue weighted by Crippen LogP contribution is -2.23. The fourth-order valence-electron chi connectivity index (χ4n) is 1.85. The Labute approximate surface area is 119 Å². The lowest BCUT2D eigenvalue weighted by molar-refractivity contribution is 0.0947. The number of rotatable bonds is 4. The molecule has 0 aliphatic heterocycles. The quantitative estimate of drug-likeness (QED) is 0.773. The van der Waals surface area contributed by atoms with E-state index in [4.69, 9.17) is 0 Å². The number of aromatic nitrogens is 3. The van der Waals surface area contributed by atoms with Crippen molar-refractivity contribution in [2.45, 2.75) is 6.54 Å². The predicted molar refractivity (Wildman–Crippen MR) is 77.3 cm³/mol. The van der Waals surface area contributed by atoms with Crippen LogP contribution in [0.15, 0.2) is 47.8 Å². The lowest BCUT2D eigenvalue weighted by Gasteiger charge is -2.02. The van der Waals surface area contributed by atoms with Gasteiger partial charge >= 0.3 is 0 Å². The fourth-order valence-corrected chi connectivity index (χ4v) is 2.50. The zero-order chi connectivity index (χ0) is 13.8. The first kappa shape index (κ1) is 12.6. The number of hydrogen-bond acceptors (Lipinski definition) is 4. The second-order valence-corrected chi connectivity index (χ2v) is 5.18. The number of H-pyrrole nitrogens is 1. The number of carbonyl (C=O) groups excluding carboxylic acids is 1. The molecule has 0 atom stereocenters. The minimum atomic E-state index is -0.231. The van der Waals surface area contributed by atoms with Gasteiger partial charge < -0.3 is 5.32 Å². The predicted octanol–water partition coefficient (Wildman–Crippen LogP) is 2.46. The largest absolute Gasteiger partial charge is 0.346 e. The molecule has 2 aromatic heterocycles. The highest BCUT2D eigenvalue weighted by Crippen LogP contribution is 2.19. The van der Waals surface area contributed by atoms with E-state index in [9.17, 15) is 4.79 Å². The number of thiophene rings is 1. The smallest absolute Gasteiger partial charge is 0.274 e. The van der Waals surface area contributed by atoms with Gasteiger partial charge in [-0.2, -0.15) is 15.4 Å². The van der Waals surface area contributed by atoms with E-state index in [0.29, 0.717) is 17.9 Å². The first-order chi connectivity index (χ1) is 9.84. The molecule has 3 aromatic rings. The van der Waals surface area contributed by atoms with Gasteiger partial charge in [0.15, 0.2) is 5.69 Å². The van der Waals surface area contributed by atoms with E-state index in [0.717, 1.165) is 10.4 Å². The molecule has 0 saturated heterocycles. The molecule has 0 radical (unpaired) electrons. The summed E-state index contributed by atoms with van der Waals surface area (Å²) < 4.78 is 0. The van der Waals surface area contributed by atoms with Crippen molar-refractivity contribution >= 4 is 17.2 Å². The summed E-state index contributed by atoms with van der Waals surface area (Å²) in [6, 6.07) is 13.4. The van der Waals surface area contributed by atoms with E-state index in [1.165, 1.54) is 0 Å². The summed E-state index contributed by atoms with van der Waals surface area (Å²) >= 11 is 1.60. The van der Waals surface area contributed by atoms with E-state index in [1.807, 2.05) is 47.8 Å². The van der Waals surface area contributed by atoms with Gasteiger partial charge in [-0.1, -0.05) is 36.4 Å². The van der Waals surface area contributed by atoms with Gasteiger partial charge in [-0.3, -0.25) is 4.79 Å². The molecular weight excluding hydrogens is 272 g/mol. The van der Waals surface area contributed by atoms with E-state index < -0.39 is 0 Å². The van der Waals surface area contributed by atoms with Crippen molar-refractivity contribution in [3.05, 3.63) is 58.4 Å². The number of carbonyl (C=O) groups is 1. The van der Waals surface area contributed by atoms with Gasteiger partial charge in [0.05, 0.1) is 6.54 Å². The average Bonchev–Trinajstić information content (AvgIpc) is 3.17. The van der Waals surface area contributed by atoms with Crippen molar-refractivity contribution in [3.63, 3.8) is 0 Å². The monoisotopic (exact) mass is 284 g/mol. The number of nitrogens with zero attached hydrogens (tertiary/aromatic N) is 2. The van der Waals surface area contributed by atoms with Crippen molar-refractivity contribution in [1.29, 1.82) is 0 Å². The Balaban J connectivity index is 1.77. The molecule has 0 spiro atoms. The summed E-state index contributed by atoms with van der Waals surface area (Å²) in [4.78, 5) is 13.3. The second-order valence-electron chi connectivity index (χ2n) is 4.15. The Bertz CT molecular complexity index is 691. The van der Waals surface area contributed by atoms with E-state index in [-0.39, 0.29) is 5.91 Å². The van der Waals surface area contributed by atoms with Gasteiger partial charge in [0.1, 0.15) is 5.69 Å². The normalized spacial score (nSPS) is 10.4. The van der Waals surface area contributed by atoms with Crippen molar-refractivity contribution in [3.8, 4) is 11.3 Å². The Morgan fingerprint density at radius 3 is 2.75 bits per heavy atom. The van der Waals surface area contributed by atoms with Crippen LogP contribution in [0.5, 0.6) is 0 Å². The molecule has 3 rings (SSSR count). The van der Waals surface area contributed by atoms with Gasteiger partial charge in [-0.15, -0.1) is 11.3 Å². The summed E-state index contributed by atoms with van der Waals surface area (Å²) in [6.07, 6.45) is 0. The van der Waals surface area contributed by atoms with E-state index in [2.05, 4.69) is 20.7 Å². The standard InChI is InChI=1S/C14H12N4OS/c19-14(15-9-11-7-4-8-20-11)13-12(16-18-17-13)10-5-2-1-3-6-10/h1-8H,9H2,(H,15,19)(H,16,17,18). The minimum Gasteiger partial charge on any atom is -0.346 e. The number of benzene rings is 1. The van der Waals surface area contributed by atoms with Crippen molar-refractivity contribution in [2.75, 3.05) is 0 Å². The molecule has 0 bridgehead atoms. The molecule has 0 saturated carbocycles. The molecule has 2 N–H and O–H groups in total. The van der Waals surface area contributed by atoms with Crippen LogP contribution in [-0.4, -0.2) is 21.3 Å². The van der Waals surface area contributed by atoms with Crippen LogP contribution in [0.4, 0.5) is 0 Å². The van der Waals surface area contributed by atoms with Gasteiger partial charge in [-0.05, 0) is 11.4 Å². The molecule has 6 heteroatoms. The number of aromatic amines is 1. The van der Waals surface area contributed by atoms with Gasteiger partial charge in [0, 0.05) is 10.4 Å². The first-order valence-corrected chi connectivity index (χ1v) is 6.99. The van der Waals surface area contributed by atoms with Gasteiger partial charge in [0.2, 0.25) is 0 Å². The Hall–Kier alpha value is -2.47. The third kappa shape index (κ3) is 2.60. The molecular formula is C14H12N4OS. The van der Waals surface area contributed by atoms with E-state index >= 15 is 0 Å². The maximum atomic E-state index is 12.2. The van der Waals surface area contributed by atoms with Gasteiger partial charge in [-0.25, -0.2) is 0 Å². The topological polar surface area (TPSA) is 70.7 Å². The van der Waals surface area contributed by atoms with Crippen LogP contribution in [-0.2, 0) is 6.54 Å². The summed E-state index contributed by atoms with van der Waals surface area (Å²) in [6.45, 7) is 0.498. The van der Waals surface area contributed by atoms with Crippen LogP contribution in [0.2, 0.25) is 0 Å². The molecule has 5 nitrogen and oxygen atoms in total. The summed E-state index contributed by atoms with van der Waals surface area (Å²) in [7, 11) is 0. The van der Waals surface area contributed by atoms with Crippen LogP contribution in [0.1, 0.15) is 15.4 Å². The first-order valence-electron chi connectivity index (χ1n) is 6.11. The molecule has 0 fully saturated rings. The molecule has 0 aliphatic carbocycles. The summed E-state index contributed by atoms with van der Waals surface area (Å²) in [5, 5.41) is 15.3. The Kier molecular flexibility index (Phi) is 3.56. The molecule has 1 amide bonds. The molecule has 100 valence electrons. The second kappa shape index (κ2) is 5.66. The molecule has 0 unspecified atom stereocenters. The molecule has 1 aromatic carbocycles. The average molecular weight is 284 g/mol. The number of hydrogen-bond donors (Lipinski definition) is 2. The van der Waals surface area contributed by atoms with Gasteiger partial charge in [0.25, 0.3) is 5.91 Å². The van der Waals surface area contributed by atoms with Crippen LogP contribution >= 0.6 is 11.3 Å². The third-order valence-electron chi connectivity index (χ3n) is 2.81. The minimum absolute atomic E-state index is 0.231.